The van der Waals surface area contributed by atoms with Gasteiger partial charge in [0.15, 0.2) is 0 Å². The molecule has 0 heterocycles. The smallest absolute Gasteiger partial charge is 0.248 e. The zero-order chi connectivity index (χ0) is 21.8. The van der Waals surface area contributed by atoms with E-state index in [1.807, 2.05) is 61.5 Å². The van der Waals surface area contributed by atoms with Crippen molar-refractivity contribution in [1.29, 1.82) is 0 Å². The number of nitrogens with zero attached hydrogens (tertiary/aromatic N) is 2. The van der Waals surface area contributed by atoms with Gasteiger partial charge >= 0.3 is 0 Å². The first-order chi connectivity index (χ1) is 14.5. The number of amidine groups is 1. The minimum Gasteiger partial charge on any atom is -0.404 e. The van der Waals surface area contributed by atoms with Crippen molar-refractivity contribution in [3.8, 4) is 0 Å². The van der Waals surface area contributed by atoms with Gasteiger partial charge in [0, 0.05) is 43.2 Å². The molecule has 2 rings (SSSR count). The predicted octanol–water partition coefficient (Wildman–Crippen LogP) is 2.36. The fourth-order valence-electron chi connectivity index (χ4n) is 2.59. The van der Waals surface area contributed by atoms with E-state index in [1.54, 1.807) is 18.2 Å². The second kappa shape index (κ2) is 12.2. The van der Waals surface area contributed by atoms with E-state index in [9.17, 15) is 4.79 Å². The molecule has 2 aromatic carbocycles. The lowest BCUT2D eigenvalue weighted by Crippen LogP contribution is -2.26. The highest BCUT2D eigenvalue weighted by Gasteiger charge is 2.04. The second-order valence-corrected chi connectivity index (χ2v) is 6.98. The number of carbonyl (C=O) groups excluding carboxylic acids is 1. The Kier molecular flexibility index (Phi) is 9.30. The summed E-state index contributed by atoms with van der Waals surface area (Å²) in [6, 6.07) is 17.3. The van der Waals surface area contributed by atoms with Crippen LogP contribution in [-0.2, 0) is 11.3 Å². The molecule has 2 aromatic rings. The molecule has 0 fully saturated rings. The van der Waals surface area contributed by atoms with Crippen LogP contribution in [0, 0.1) is 0 Å². The summed E-state index contributed by atoms with van der Waals surface area (Å²) in [6.45, 7) is 1.89. The van der Waals surface area contributed by atoms with Gasteiger partial charge in [-0.25, -0.2) is 4.99 Å². The van der Waals surface area contributed by atoms with Gasteiger partial charge in [-0.2, -0.15) is 0 Å². The van der Waals surface area contributed by atoms with E-state index in [2.05, 4.69) is 15.6 Å². The van der Waals surface area contributed by atoms with Crippen molar-refractivity contribution >= 4 is 23.1 Å². The van der Waals surface area contributed by atoms with E-state index in [4.69, 9.17) is 11.5 Å². The van der Waals surface area contributed by atoms with E-state index >= 15 is 0 Å². The van der Waals surface area contributed by atoms with Crippen molar-refractivity contribution in [2.24, 2.45) is 16.5 Å². The Morgan fingerprint density at radius 3 is 2.60 bits per heavy atom. The van der Waals surface area contributed by atoms with Crippen molar-refractivity contribution in [3.05, 3.63) is 84.1 Å². The minimum absolute atomic E-state index is 0.196. The average Bonchev–Trinajstić information content (AvgIpc) is 2.72. The van der Waals surface area contributed by atoms with Gasteiger partial charge in [0.2, 0.25) is 5.91 Å². The van der Waals surface area contributed by atoms with Crippen LogP contribution in [0.15, 0.2) is 83.5 Å². The molecular weight excluding hydrogens is 376 g/mol. The number of carbonyl (C=O) groups is 1. The molecule has 0 atom stereocenters. The first-order valence-electron chi connectivity index (χ1n) is 9.70. The standard InChI is InChI=1S/C23H30N6O/c1-29(2)13-7-12-22(30)27-20-10-6-11-21(14-20)28-23(25)19(15-24)17-26-16-18-8-4-3-5-9-18/h3-12,14-15,26H,13,16-17,24H2,1-2H3,(H2,25,28)(H,27,30)/b12-7+,19-15-. The number of rotatable bonds is 10. The van der Waals surface area contributed by atoms with Crippen LogP contribution in [0.2, 0.25) is 0 Å². The van der Waals surface area contributed by atoms with Crippen LogP contribution in [0.4, 0.5) is 11.4 Å². The Bertz CT molecular complexity index is 903. The van der Waals surface area contributed by atoms with Crippen LogP contribution in [0.3, 0.4) is 0 Å². The lowest BCUT2D eigenvalue weighted by Gasteiger charge is -2.09. The Balaban J connectivity index is 1.96. The van der Waals surface area contributed by atoms with E-state index in [0.717, 1.165) is 0 Å². The molecule has 0 spiro atoms. The van der Waals surface area contributed by atoms with Crippen LogP contribution in [-0.4, -0.2) is 43.8 Å². The van der Waals surface area contributed by atoms with Crippen molar-refractivity contribution < 1.29 is 4.79 Å². The van der Waals surface area contributed by atoms with Crippen molar-refractivity contribution in [2.75, 3.05) is 32.5 Å². The van der Waals surface area contributed by atoms with Gasteiger partial charge in [0.05, 0.1) is 5.69 Å². The first-order valence-corrected chi connectivity index (χ1v) is 9.70. The summed E-state index contributed by atoms with van der Waals surface area (Å²) in [5.41, 5.74) is 15.0. The van der Waals surface area contributed by atoms with E-state index in [0.29, 0.717) is 42.4 Å². The normalized spacial score (nSPS) is 12.5. The topological polar surface area (TPSA) is 109 Å². The average molecular weight is 407 g/mol. The van der Waals surface area contributed by atoms with Crippen LogP contribution >= 0.6 is 0 Å². The molecule has 0 saturated carbocycles. The molecular formula is C23H30N6O. The molecule has 0 aliphatic rings. The van der Waals surface area contributed by atoms with Gasteiger partial charge in [-0.05, 0) is 37.9 Å². The molecule has 0 aliphatic carbocycles. The number of hydrogen-bond donors (Lipinski definition) is 4. The summed E-state index contributed by atoms with van der Waals surface area (Å²) < 4.78 is 0. The lowest BCUT2D eigenvalue weighted by molar-refractivity contribution is -0.111. The lowest BCUT2D eigenvalue weighted by atomic mass is 10.2. The molecule has 158 valence electrons. The molecule has 0 bridgehead atoms. The number of anilines is 1. The van der Waals surface area contributed by atoms with Crippen LogP contribution in [0.5, 0.6) is 0 Å². The number of benzene rings is 2. The fraction of sp³-hybridized carbons (Fsp3) is 0.217. The van der Waals surface area contributed by atoms with Gasteiger partial charge in [0.1, 0.15) is 5.84 Å². The summed E-state index contributed by atoms with van der Waals surface area (Å²) in [7, 11) is 3.88. The zero-order valence-corrected chi connectivity index (χ0v) is 17.5. The maximum atomic E-state index is 12.0. The summed E-state index contributed by atoms with van der Waals surface area (Å²) in [5.74, 6) is 0.131. The summed E-state index contributed by atoms with van der Waals surface area (Å²) in [6.07, 6.45) is 4.77. The summed E-state index contributed by atoms with van der Waals surface area (Å²) in [5, 5.41) is 6.13. The van der Waals surface area contributed by atoms with Gasteiger partial charge < -0.3 is 27.0 Å². The summed E-state index contributed by atoms with van der Waals surface area (Å²) >= 11 is 0. The third kappa shape index (κ3) is 8.30. The third-order valence-electron chi connectivity index (χ3n) is 4.12. The van der Waals surface area contributed by atoms with Crippen LogP contribution in [0.25, 0.3) is 0 Å². The van der Waals surface area contributed by atoms with Crippen LogP contribution in [0.1, 0.15) is 5.56 Å². The van der Waals surface area contributed by atoms with Crippen molar-refractivity contribution in [1.82, 2.24) is 10.2 Å². The fourth-order valence-corrected chi connectivity index (χ4v) is 2.59. The monoisotopic (exact) mass is 406 g/mol. The van der Waals surface area contributed by atoms with Gasteiger partial charge in [0.25, 0.3) is 0 Å². The highest BCUT2D eigenvalue weighted by Crippen LogP contribution is 2.18. The number of amides is 1. The molecule has 0 aliphatic heterocycles. The molecule has 7 nitrogen and oxygen atoms in total. The number of nitrogens with one attached hydrogen (secondary N) is 2. The third-order valence-corrected chi connectivity index (χ3v) is 4.12. The molecule has 7 heteroatoms. The number of nitrogens with two attached hydrogens (primary N) is 2. The highest BCUT2D eigenvalue weighted by atomic mass is 16.1. The number of likely N-dealkylation sites (N-methyl/N-ethyl adjacent to an activating group) is 1. The van der Waals surface area contributed by atoms with Gasteiger partial charge in [-0.1, -0.05) is 42.5 Å². The molecule has 6 N–H and O–H groups in total. The first kappa shape index (κ1) is 22.9. The molecule has 0 saturated heterocycles. The number of aliphatic imine (C=N–C) groups is 1. The van der Waals surface area contributed by atoms with Crippen molar-refractivity contribution in [3.63, 3.8) is 0 Å². The maximum Gasteiger partial charge on any atom is 0.248 e. The molecule has 0 radical (unpaired) electrons. The Hall–Kier alpha value is -3.42. The number of hydrogen-bond acceptors (Lipinski definition) is 5. The van der Waals surface area contributed by atoms with E-state index in [1.165, 1.54) is 17.8 Å². The predicted molar refractivity (Wildman–Crippen MR) is 124 cm³/mol. The molecule has 30 heavy (non-hydrogen) atoms. The maximum absolute atomic E-state index is 12.0. The molecule has 0 aromatic heterocycles. The Morgan fingerprint density at radius 2 is 1.90 bits per heavy atom. The largest absolute Gasteiger partial charge is 0.404 e. The van der Waals surface area contributed by atoms with Crippen LogP contribution < -0.4 is 22.1 Å². The highest BCUT2D eigenvalue weighted by molar-refractivity contribution is 6.00. The quantitative estimate of drug-likeness (QED) is 0.275. The second-order valence-electron chi connectivity index (χ2n) is 6.98. The van der Waals surface area contributed by atoms with E-state index < -0.39 is 0 Å². The summed E-state index contributed by atoms with van der Waals surface area (Å²) in [4.78, 5) is 18.4. The zero-order valence-electron chi connectivity index (χ0n) is 17.5. The van der Waals surface area contributed by atoms with Gasteiger partial charge in [-0.3, -0.25) is 4.79 Å². The van der Waals surface area contributed by atoms with Crippen molar-refractivity contribution in [2.45, 2.75) is 6.54 Å². The Labute approximate surface area is 178 Å². The van der Waals surface area contributed by atoms with Gasteiger partial charge in [-0.15, -0.1) is 0 Å². The minimum atomic E-state index is -0.196. The molecule has 1 amide bonds. The Morgan fingerprint density at radius 1 is 1.13 bits per heavy atom. The SMILES string of the molecule is CN(C)C/C=C/C(=O)Nc1cccc(N=C(N)/C(=C\N)CNCc2ccccc2)c1. The molecule has 0 unspecified atom stereocenters. The van der Waals surface area contributed by atoms with E-state index in [-0.39, 0.29) is 5.91 Å².